The van der Waals surface area contributed by atoms with E-state index >= 15 is 0 Å². The molecule has 0 heterocycles. The monoisotopic (exact) mass is 274 g/mol. The number of benzene rings is 1. The number of rotatable bonds is 5. The number of hydrogen-bond donors (Lipinski definition) is 1. The van der Waals surface area contributed by atoms with E-state index in [0.29, 0.717) is 23.5 Å². The normalized spacial score (nSPS) is 23.6. The molecule has 0 amide bonds. The lowest BCUT2D eigenvalue weighted by atomic mass is 9.64. The van der Waals surface area contributed by atoms with Gasteiger partial charge in [-0.05, 0) is 25.5 Å². The second kappa shape index (κ2) is 5.72. The largest absolute Gasteiger partial charge is 0.495 e. The van der Waals surface area contributed by atoms with Crippen molar-refractivity contribution < 1.29 is 9.47 Å². The highest BCUT2D eigenvalue weighted by molar-refractivity contribution is 5.60. The summed E-state index contributed by atoms with van der Waals surface area (Å²) in [6.45, 7) is 7.21. The van der Waals surface area contributed by atoms with Gasteiger partial charge in [-0.25, -0.2) is 0 Å². The summed E-state index contributed by atoms with van der Waals surface area (Å²) < 4.78 is 11.1. The van der Waals surface area contributed by atoms with E-state index in [1.54, 1.807) is 19.2 Å². The van der Waals surface area contributed by atoms with Gasteiger partial charge in [-0.2, -0.15) is 5.26 Å². The van der Waals surface area contributed by atoms with Crippen LogP contribution in [0.4, 0.5) is 5.69 Å². The van der Waals surface area contributed by atoms with Crippen LogP contribution in [-0.2, 0) is 4.74 Å². The molecule has 20 heavy (non-hydrogen) atoms. The molecule has 1 fully saturated rings. The molecule has 0 aliphatic heterocycles. The van der Waals surface area contributed by atoms with Gasteiger partial charge >= 0.3 is 0 Å². The van der Waals surface area contributed by atoms with Crippen molar-refractivity contribution in [1.29, 1.82) is 5.26 Å². The number of nitrogens with one attached hydrogen (secondary N) is 1. The Labute approximate surface area is 120 Å². The molecule has 4 heteroatoms. The van der Waals surface area contributed by atoms with Crippen molar-refractivity contribution in [3.63, 3.8) is 0 Å². The van der Waals surface area contributed by atoms with Crippen LogP contribution in [0, 0.1) is 16.7 Å². The van der Waals surface area contributed by atoms with Crippen LogP contribution in [0.25, 0.3) is 0 Å². The Balaban J connectivity index is 2.10. The highest BCUT2D eigenvalue weighted by Crippen LogP contribution is 2.45. The molecule has 2 rings (SSSR count). The third-order valence-corrected chi connectivity index (χ3v) is 4.21. The zero-order chi connectivity index (χ0) is 14.8. The average molecular weight is 274 g/mol. The predicted octanol–water partition coefficient (Wildman–Crippen LogP) is 3.18. The van der Waals surface area contributed by atoms with Crippen LogP contribution >= 0.6 is 0 Å². The van der Waals surface area contributed by atoms with Crippen LogP contribution in [0.3, 0.4) is 0 Å². The maximum atomic E-state index is 8.92. The molecule has 2 atom stereocenters. The Kier molecular flexibility index (Phi) is 4.20. The average Bonchev–Trinajstić information content (AvgIpc) is 2.46. The maximum absolute atomic E-state index is 8.92. The van der Waals surface area contributed by atoms with E-state index in [9.17, 15) is 0 Å². The van der Waals surface area contributed by atoms with Crippen molar-refractivity contribution in [2.45, 2.75) is 39.3 Å². The Hall–Kier alpha value is -1.73. The minimum absolute atomic E-state index is 0.0922. The topological polar surface area (TPSA) is 54.3 Å². The lowest BCUT2D eigenvalue weighted by Crippen LogP contribution is -2.58. The molecule has 1 aromatic carbocycles. The minimum atomic E-state index is 0.0922. The Bertz CT molecular complexity index is 520. The summed E-state index contributed by atoms with van der Waals surface area (Å²) in [6.07, 6.45) is 1.29. The number of hydrogen-bond acceptors (Lipinski definition) is 4. The second-order valence-corrected chi connectivity index (χ2v) is 5.72. The summed E-state index contributed by atoms with van der Waals surface area (Å²) in [5.41, 5.74) is 1.63. The summed E-state index contributed by atoms with van der Waals surface area (Å²) in [6, 6.07) is 7.93. The van der Waals surface area contributed by atoms with Crippen LogP contribution < -0.4 is 10.1 Å². The molecule has 1 N–H and O–H groups in total. The zero-order valence-electron chi connectivity index (χ0n) is 12.6. The molecule has 1 aliphatic carbocycles. The van der Waals surface area contributed by atoms with Crippen molar-refractivity contribution in [2.75, 3.05) is 19.0 Å². The van der Waals surface area contributed by atoms with Crippen molar-refractivity contribution in [1.82, 2.24) is 0 Å². The van der Waals surface area contributed by atoms with E-state index < -0.39 is 0 Å². The number of anilines is 1. The summed E-state index contributed by atoms with van der Waals surface area (Å²) in [5, 5.41) is 12.4. The van der Waals surface area contributed by atoms with Gasteiger partial charge in [0.2, 0.25) is 0 Å². The second-order valence-electron chi connectivity index (χ2n) is 5.72. The SMILES string of the molecule is CCOC1CC(Nc2ccc(C#N)cc2OC)C1(C)C. The zero-order valence-corrected chi connectivity index (χ0v) is 12.6. The van der Waals surface area contributed by atoms with Gasteiger partial charge in [0.05, 0.1) is 30.5 Å². The highest BCUT2D eigenvalue weighted by atomic mass is 16.5. The van der Waals surface area contributed by atoms with Crippen molar-refractivity contribution in [2.24, 2.45) is 5.41 Å². The third-order valence-electron chi connectivity index (χ3n) is 4.21. The van der Waals surface area contributed by atoms with Crippen LogP contribution in [0.15, 0.2) is 18.2 Å². The van der Waals surface area contributed by atoms with E-state index in [4.69, 9.17) is 14.7 Å². The Morgan fingerprint density at radius 3 is 2.75 bits per heavy atom. The van der Waals surface area contributed by atoms with Crippen LogP contribution in [0.1, 0.15) is 32.8 Å². The first-order valence-electron chi connectivity index (χ1n) is 6.99. The lowest BCUT2D eigenvalue weighted by Gasteiger charge is -2.52. The fraction of sp³-hybridized carbons (Fsp3) is 0.562. The molecule has 0 radical (unpaired) electrons. The maximum Gasteiger partial charge on any atom is 0.143 e. The first-order chi connectivity index (χ1) is 9.52. The lowest BCUT2D eigenvalue weighted by molar-refractivity contribution is -0.0976. The Morgan fingerprint density at radius 1 is 1.45 bits per heavy atom. The standard InChI is InChI=1S/C16H22N2O2/c1-5-20-15-9-14(16(15,2)3)18-12-7-6-11(10-17)8-13(12)19-4/h6-8,14-15,18H,5,9H2,1-4H3. The van der Waals surface area contributed by atoms with Crippen molar-refractivity contribution in [3.8, 4) is 11.8 Å². The molecule has 0 spiro atoms. The van der Waals surface area contributed by atoms with Gasteiger partial charge in [-0.3, -0.25) is 0 Å². The molecule has 0 bridgehead atoms. The van der Waals surface area contributed by atoms with E-state index in [0.717, 1.165) is 18.7 Å². The van der Waals surface area contributed by atoms with Gasteiger partial charge in [0.15, 0.2) is 0 Å². The van der Waals surface area contributed by atoms with E-state index in [-0.39, 0.29) is 5.41 Å². The van der Waals surface area contributed by atoms with Gasteiger partial charge in [-0.1, -0.05) is 13.8 Å². The fourth-order valence-electron chi connectivity index (χ4n) is 2.68. The smallest absolute Gasteiger partial charge is 0.143 e. The van der Waals surface area contributed by atoms with E-state index in [1.165, 1.54) is 0 Å². The molecule has 0 aromatic heterocycles. The van der Waals surface area contributed by atoms with Gasteiger partial charge in [0.25, 0.3) is 0 Å². The van der Waals surface area contributed by atoms with Crippen molar-refractivity contribution in [3.05, 3.63) is 23.8 Å². The fourth-order valence-corrected chi connectivity index (χ4v) is 2.68. The predicted molar refractivity (Wildman–Crippen MR) is 78.9 cm³/mol. The summed E-state index contributed by atoms with van der Waals surface area (Å²) in [5.74, 6) is 0.708. The van der Waals surface area contributed by atoms with Gasteiger partial charge in [0.1, 0.15) is 5.75 Å². The molecule has 0 saturated heterocycles. The first-order valence-corrected chi connectivity index (χ1v) is 6.99. The molecule has 1 aliphatic rings. The summed E-state index contributed by atoms with van der Waals surface area (Å²) >= 11 is 0. The molecule has 1 aromatic rings. The van der Waals surface area contributed by atoms with Gasteiger partial charge < -0.3 is 14.8 Å². The van der Waals surface area contributed by atoms with E-state index in [2.05, 4.69) is 25.2 Å². The van der Waals surface area contributed by atoms with E-state index in [1.807, 2.05) is 13.0 Å². The summed E-state index contributed by atoms with van der Waals surface area (Å²) in [7, 11) is 1.62. The van der Waals surface area contributed by atoms with Gasteiger partial charge in [-0.15, -0.1) is 0 Å². The molecular weight excluding hydrogens is 252 g/mol. The number of nitriles is 1. The molecule has 1 saturated carbocycles. The highest BCUT2D eigenvalue weighted by Gasteiger charge is 2.49. The number of nitrogens with zero attached hydrogens (tertiary/aromatic N) is 1. The third kappa shape index (κ3) is 2.59. The first kappa shape index (κ1) is 14.7. The number of methoxy groups -OCH3 is 1. The van der Waals surface area contributed by atoms with Gasteiger partial charge in [0, 0.05) is 24.1 Å². The molecule has 108 valence electrons. The molecule has 2 unspecified atom stereocenters. The van der Waals surface area contributed by atoms with Crippen LogP contribution in [0.2, 0.25) is 0 Å². The van der Waals surface area contributed by atoms with Crippen molar-refractivity contribution >= 4 is 5.69 Å². The quantitative estimate of drug-likeness (QED) is 0.896. The van der Waals surface area contributed by atoms with Crippen LogP contribution in [0.5, 0.6) is 5.75 Å². The summed E-state index contributed by atoms with van der Waals surface area (Å²) in [4.78, 5) is 0. The van der Waals surface area contributed by atoms with Crippen LogP contribution in [-0.4, -0.2) is 25.9 Å². The molecule has 4 nitrogen and oxygen atoms in total. The number of ether oxygens (including phenoxy) is 2. The molecular formula is C16H22N2O2. The Morgan fingerprint density at radius 2 is 2.20 bits per heavy atom. The minimum Gasteiger partial charge on any atom is -0.495 e.